The Kier molecular flexibility index (Phi) is 9.56. The van der Waals surface area contributed by atoms with Gasteiger partial charge in [0.15, 0.2) is 5.16 Å². The molecule has 10 heteroatoms. The molecule has 6 aromatic rings. The van der Waals surface area contributed by atoms with E-state index in [0.29, 0.717) is 45.3 Å². The first-order valence-corrected chi connectivity index (χ1v) is 16.4. The molecule has 4 aromatic carbocycles. The topological polar surface area (TPSA) is 102 Å². The molecule has 0 spiro atoms. The average Bonchev–Trinajstić information content (AvgIpc) is 3.53. The van der Waals surface area contributed by atoms with Crippen LogP contribution in [0.25, 0.3) is 26.3 Å². The maximum Gasteiger partial charge on any atom is 0.267 e. The van der Waals surface area contributed by atoms with Gasteiger partial charge in [-0.3, -0.25) is 19.0 Å². The molecular weight excluding hydrogens is 617 g/mol. The monoisotopic (exact) mass is 646 g/mol. The number of benzene rings is 4. The normalized spacial score (nSPS) is 10.9. The molecular formula is C36H30N4O4S2. The average molecular weight is 647 g/mol. The first-order valence-electron chi connectivity index (χ1n) is 14.6. The highest BCUT2D eigenvalue weighted by Gasteiger charge is 2.19. The molecule has 0 bridgehead atoms. The SMILES string of the molecule is COc1ccc(CCNC(=O)c2ccccc2NC(=O)CSc2nc3sc(-c4ccccc4)cc3c(=O)n2-c2ccccc2)cc1. The van der Waals surface area contributed by atoms with Crippen molar-refractivity contribution in [3.05, 3.63) is 137 Å². The number of anilines is 1. The van der Waals surface area contributed by atoms with Crippen LogP contribution in [0.3, 0.4) is 0 Å². The standard InChI is InChI=1S/C36H30N4O4S2/c1-44-27-18-16-24(17-19-27)20-21-37-33(42)28-14-8-9-15-30(28)38-32(41)23-45-36-39-34-29(22-31(46-34)25-10-4-2-5-11-25)35(43)40(36)26-12-6-3-7-13-26/h2-19,22H,20-21,23H2,1H3,(H,37,42)(H,38,41). The summed E-state index contributed by atoms with van der Waals surface area (Å²) in [5.74, 6) is 0.149. The van der Waals surface area contributed by atoms with E-state index in [1.165, 1.54) is 23.1 Å². The molecule has 2 heterocycles. The van der Waals surface area contributed by atoms with Gasteiger partial charge in [-0.1, -0.05) is 84.6 Å². The Morgan fingerprint density at radius 2 is 1.59 bits per heavy atom. The molecule has 6 rings (SSSR count). The highest BCUT2D eigenvalue weighted by atomic mass is 32.2. The summed E-state index contributed by atoms with van der Waals surface area (Å²) in [6.07, 6.45) is 0.651. The van der Waals surface area contributed by atoms with Crippen molar-refractivity contribution in [3.63, 3.8) is 0 Å². The van der Waals surface area contributed by atoms with Crippen LogP contribution >= 0.6 is 23.1 Å². The summed E-state index contributed by atoms with van der Waals surface area (Å²) in [7, 11) is 1.62. The van der Waals surface area contributed by atoms with Gasteiger partial charge in [0.05, 0.1) is 35.2 Å². The number of fused-ring (bicyclic) bond motifs is 1. The largest absolute Gasteiger partial charge is 0.497 e. The van der Waals surface area contributed by atoms with Gasteiger partial charge in [0.25, 0.3) is 11.5 Å². The first kappa shape index (κ1) is 30.8. The van der Waals surface area contributed by atoms with Crippen LogP contribution in [0.1, 0.15) is 15.9 Å². The summed E-state index contributed by atoms with van der Waals surface area (Å²) in [4.78, 5) is 46.5. The van der Waals surface area contributed by atoms with Crippen LogP contribution < -0.4 is 20.9 Å². The molecule has 0 saturated carbocycles. The lowest BCUT2D eigenvalue weighted by atomic mass is 10.1. The lowest BCUT2D eigenvalue weighted by Crippen LogP contribution is -2.27. The summed E-state index contributed by atoms with van der Waals surface area (Å²) in [6.45, 7) is 0.434. The number of carbonyl (C=O) groups is 2. The van der Waals surface area contributed by atoms with Crippen LogP contribution in [0, 0.1) is 0 Å². The molecule has 0 aliphatic heterocycles. The number of thiophene rings is 1. The van der Waals surface area contributed by atoms with Gasteiger partial charge in [0.2, 0.25) is 5.91 Å². The van der Waals surface area contributed by atoms with E-state index in [1.807, 2.05) is 91.0 Å². The van der Waals surface area contributed by atoms with Crippen molar-refractivity contribution < 1.29 is 14.3 Å². The zero-order chi connectivity index (χ0) is 31.9. The van der Waals surface area contributed by atoms with Crippen molar-refractivity contribution in [2.75, 3.05) is 24.7 Å². The number of ether oxygens (including phenoxy) is 1. The highest BCUT2D eigenvalue weighted by molar-refractivity contribution is 7.99. The second kappa shape index (κ2) is 14.3. The molecule has 46 heavy (non-hydrogen) atoms. The van der Waals surface area contributed by atoms with E-state index < -0.39 is 0 Å². The Bertz CT molecular complexity index is 2040. The molecule has 0 unspecified atom stereocenters. The number of nitrogens with zero attached hydrogens (tertiary/aromatic N) is 2. The van der Waals surface area contributed by atoms with Crippen molar-refractivity contribution >= 4 is 50.8 Å². The lowest BCUT2D eigenvalue weighted by molar-refractivity contribution is -0.113. The maximum atomic E-state index is 13.8. The third-order valence-electron chi connectivity index (χ3n) is 7.24. The molecule has 0 fully saturated rings. The summed E-state index contributed by atoms with van der Waals surface area (Å²) < 4.78 is 6.75. The minimum Gasteiger partial charge on any atom is -0.497 e. The van der Waals surface area contributed by atoms with E-state index in [9.17, 15) is 14.4 Å². The molecule has 2 N–H and O–H groups in total. The number of para-hydroxylation sites is 2. The van der Waals surface area contributed by atoms with Gasteiger partial charge < -0.3 is 15.4 Å². The van der Waals surface area contributed by atoms with Crippen LogP contribution in [0.4, 0.5) is 5.69 Å². The Labute approximate surface area is 274 Å². The van der Waals surface area contributed by atoms with E-state index in [0.717, 1.165) is 21.8 Å². The number of rotatable bonds is 11. The Morgan fingerprint density at radius 1 is 0.891 bits per heavy atom. The summed E-state index contributed by atoms with van der Waals surface area (Å²) in [5.41, 5.74) is 3.31. The van der Waals surface area contributed by atoms with E-state index in [1.54, 1.807) is 35.9 Å². The van der Waals surface area contributed by atoms with Crippen molar-refractivity contribution in [1.29, 1.82) is 0 Å². The van der Waals surface area contributed by atoms with Crippen LogP contribution in [0.2, 0.25) is 0 Å². The predicted molar refractivity (Wildman–Crippen MR) is 185 cm³/mol. The summed E-state index contributed by atoms with van der Waals surface area (Å²) in [6, 6.07) is 35.6. The minimum absolute atomic E-state index is 0.0187. The second-order valence-electron chi connectivity index (χ2n) is 10.3. The van der Waals surface area contributed by atoms with Gasteiger partial charge in [-0.15, -0.1) is 11.3 Å². The molecule has 230 valence electrons. The Hall–Kier alpha value is -5.19. The highest BCUT2D eigenvalue weighted by Crippen LogP contribution is 2.33. The quantitative estimate of drug-likeness (QED) is 0.118. The van der Waals surface area contributed by atoms with Gasteiger partial charge in [0, 0.05) is 11.4 Å². The first-order chi connectivity index (χ1) is 22.5. The van der Waals surface area contributed by atoms with E-state index >= 15 is 0 Å². The smallest absolute Gasteiger partial charge is 0.267 e. The molecule has 0 atom stereocenters. The lowest BCUT2D eigenvalue weighted by Gasteiger charge is -2.13. The summed E-state index contributed by atoms with van der Waals surface area (Å²) >= 11 is 2.61. The zero-order valence-corrected chi connectivity index (χ0v) is 26.6. The van der Waals surface area contributed by atoms with Crippen molar-refractivity contribution in [2.45, 2.75) is 11.6 Å². The molecule has 2 aromatic heterocycles. The number of nitrogens with one attached hydrogen (secondary N) is 2. The van der Waals surface area contributed by atoms with Gasteiger partial charge in [-0.25, -0.2) is 4.98 Å². The fourth-order valence-corrected chi connectivity index (χ4v) is 6.81. The number of methoxy groups -OCH3 is 1. The molecule has 2 amide bonds. The van der Waals surface area contributed by atoms with Gasteiger partial charge >= 0.3 is 0 Å². The van der Waals surface area contributed by atoms with Crippen molar-refractivity contribution in [3.8, 4) is 21.9 Å². The Morgan fingerprint density at radius 3 is 2.33 bits per heavy atom. The number of hydrogen-bond acceptors (Lipinski definition) is 7. The van der Waals surface area contributed by atoms with E-state index in [-0.39, 0.29) is 23.1 Å². The van der Waals surface area contributed by atoms with Crippen molar-refractivity contribution in [1.82, 2.24) is 14.9 Å². The van der Waals surface area contributed by atoms with Crippen LogP contribution in [-0.4, -0.2) is 40.8 Å². The third-order valence-corrected chi connectivity index (χ3v) is 9.26. The fourth-order valence-electron chi connectivity index (χ4n) is 4.92. The fraction of sp³-hybridized carbons (Fsp3) is 0.111. The molecule has 0 saturated heterocycles. The predicted octanol–water partition coefficient (Wildman–Crippen LogP) is 6.83. The Balaban J connectivity index is 1.18. The second-order valence-corrected chi connectivity index (χ2v) is 12.3. The number of amides is 2. The van der Waals surface area contributed by atoms with Crippen LogP contribution in [0.5, 0.6) is 5.75 Å². The molecule has 0 radical (unpaired) electrons. The van der Waals surface area contributed by atoms with Crippen molar-refractivity contribution in [2.24, 2.45) is 0 Å². The third kappa shape index (κ3) is 7.03. The van der Waals surface area contributed by atoms with Gasteiger partial charge in [-0.2, -0.15) is 0 Å². The number of hydrogen-bond donors (Lipinski definition) is 2. The minimum atomic E-state index is -0.325. The van der Waals surface area contributed by atoms with E-state index in [2.05, 4.69) is 10.6 Å². The van der Waals surface area contributed by atoms with Crippen LogP contribution in [-0.2, 0) is 11.2 Å². The number of carbonyl (C=O) groups excluding carboxylic acids is 2. The maximum absolute atomic E-state index is 13.8. The zero-order valence-electron chi connectivity index (χ0n) is 24.9. The summed E-state index contributed by atoms with van der Waals surface area (Å²) in [5, 5.41) is 6.74. The number of aromatic nitrogens is 2. The molecule has 8 nitrogen and oxygen atoms in total. The molecule has 0 aliphatic carbocycles. The van der Waals surface area contributed by atoms with Crippen LogP contribution in [0.15, 0.2) is 125 Å². The van der Waals surface area contributed by atoms with Gasteiger partial charge in [0.1, 0.15) is 10.6 Å². The van der Waals surface area contributed by atoms with E-state index in [4.69, 9.17) is 9.72 Å². The molecule has 0 aliphatic rings. The van der Waals surface area contributed by atoms with Gasteiger partial charge in [-0.05, 0) is 60.0 Å². The number of thioether (sulfide) groups is 1.